The molecule has 2 heterocycles. The van der Waals surface area contributed by atoms with Crippen LogP contribution >= 0.6 is 11.3 Å². The van der Waals surface area contributed by atoms with Crippen molar-refractivity contribution in [2.45, 2.75) is 65.0 Å². The summed E-state index contributed by atoms with van der Waals surface area (Å²) in [5, 5.41) is 4.79. The molecule has 3 nitrogen and oxygen atoms in total. The molecule has 1 saturated heterocycles. The number of hydrogen-bond donors (Lipinski definition) is 1. The number of nitrogens with zero attached hydrogens (tertiary/aromatic N) is 1. The molecular weight excluding hydrogens is 256 g/mol. The number of hydrogen-bond acceptors (Lipinski definition) is 4. The van der Waals surface area contributed by atoms with Crippen molar-refractivity contribution in [2.24, 2.45) is 0 Å². The lowest BCUT2D eigenvalue weighted by Gasteiger charge is -2.21. The van der Waals surface area contributed by atoms with E-state index in [1.807, 2.05) is 11.3 Å². The molecule has 1 N–H and O–H groups in total. The minimum atomic E-state index is 0.394. The molecule has 0 amide bonds. The molecule has 19 heavy (non-hydrogen) atoms. The van der Waals surface area contributed by atoms with Gasteiger partial charge in [-0.3, -0.25) is 0 Å². The molecule has 2 atom stereocenters. The van der Waals surface area contributed by atoms with E-state index in [4.69, 9.17) is 9.72 Å². The van der Waals surface area contributed by atoms with Gasteiger partial charge < -0.3 is 10.1 Å². The Balaban J connectivity index is 1.95. The molecule has 2 unspecified atom stereocenters. The maximum absolute atomic E-state index is 5.81. The standard InChI is InChI=1S/C15H26N2OS/c1-4-8-16-11(2)15-12(3)17-14(19-15)10-13-7-5-6-9-18-13/h11,13,16H,4-10H2,1-3H3. The van der Waals surface area contributed by atoms with Crippen LogP contribution in [0, 0.1) is 6.92 Å². The van der Waals surface area contributed by atoms with E-state index in [-0.39, 0.29) is 0 Å². The Bertz CT molecular complexity index is 385. The minimum Gasteiger partial charge on any atom is -0.378 e. The van der Waals surface area contributed by atoms with Gasteiger partial charge in [-0.15, -0.1) is 11.3 Å². The second-order valence-electron chi connectivity index (χ2n) is 5.43. The first-order valence-electron chi connectivity index (χ1n) is 7.52. The fourth-order valence-corrected chi connectivity index (χ4v) is 3.73. The van der Waals surface area contributed by atoms with E-state index in [2.05, 4.69) is 26.1 Å². The molecule has 1 aromatic rings. The predicted octanol–water partition coefficient (Wildman–Crippen LogP) is 3.62. The fourth-order valence-electron chi connectivity index (χ4n) is 2.57. The van der Waals surface area contributed by atoms with Gasteiger partial charge in [-0.1, -0.05) is 6.92 Å². The highest BCUT2D eigenvalue weighted by Crippen LogP contribution is 2.27. The molecular formula is C15H26N2OS. The van der Waals surface area contributed by atoms with Gasteiger partial charge in [0.2, 0.25) is 0 Å². The van der Waals surface area contributed by atoms with E-state index in [1.54, 1.807) is 0 Å². The Kier molecular flexibility index (Phi) is 5.79. The lowest BCUT2D eigenvalue weighted by atomic mass is 10.1. The smallest absolute Gasteiger partial charge is 0.0957 e. The zero-order valence-electron chi connectivity index (χ0n) is 12.4. The Morgan fingerprint density at radius 3 is 3.00 bits per heavy atom. The Morgan fingerprint density at radius 2 is 2.32 bits per heavy atom. The van der Waals surface area contributed by atoms with E-state index < -0.39 is 0 Å². The molecule has 0 aliphatic carbocycles. The van der Waals surface area contributed by atoms with Crippen LogP contribution in [0.3, 0.4) is 0 Å². The molecule has 0 aromatic carbocycles. The largest absolute Gasteiger partial charge is 0.378 e. The first-order valence-corrected chi connectivity index (χ1v) is 8.33. The SMILES string of the molecule is CCCNC(C)c1sc(CC2CCCCO2)nc1C. The van der Waals surface area contributed by atoms with Gasteiger partial charge in [-0.2, -0.15) is 0 Å². The van der Waals surface area contributed by atoms with Gasteiger partial charge in [0.05, 0.1) is 16.8 Å². The summed E-state index contributed by atoms with van der Waals surface area (Å²) < 4.78 is 5.81. The summed E-state index contributed by atoms with van der Waals surface area (Å²) in [5.41, 5.74) is 1.19. The van der Waals surface area contributed by atoms with Gasteiger partial charge in [0.1, 0.15) is 0 Å². The van der Waals surface area contributed by atoms with E-state index >= 15 is 0 Å². The van der Waals surface area contributed by atoms with Crippen molar-refractivity contribution >= 4 is 11.3 Å². The highest BCUT2D eigenvalue weighted by Gasteiger charge is 2.19. The predicted molar refractivity (Wildman–Crippen MR) is 80.9 cm³/mol. The van der Waals surface area contributed by atoms with Crippen LogP contribution < -0.4 is 5.32 Å². The molecule has 0 saturated carbocycles. The molecule has 1 aliphatic heterocycles. The van der Waals surface area contributed by atoms with Crippen LogP contribution in [0.4, 0.5) is 0 Å². The normalized spacial score (nSPS) is 21.5. The lowest BCUT2D eigenvalue weighted by Crippen LogP contribution is -2.21. The van der Waals surface area contributed by atoms with Crippen molar-refractivity contribution in [3.63, 3.8) is 0 Å². The summed E-state index contributed by atoms with van der Waals surface area (Å²) >= 11 is 1.86. The van der Waals surface area contributed by atoms with Gasteiger partial charge in [0.25, 0.3) is 0 Å². The second-order valence-corrected chi connectivity index (χ2v) is 6.54. The summed E-state index contributed by atoms with van der Waals surface area (Å²) in [7, 11) is 0. The van der Waals surface area contributed by atoms with Gasteiger partial charge in [0, 0.05) is 23.9 Å². The van der Waals surface area contributed by atoms with Crippen molar-refractivity contribution in [2.75, 3.05) is 13.2 Å². The Hall–Kier alpha value is -0.450. The zero-order valence-corrected chi connectivity index (χ0v) is 13.2. The highest BCUT2D eigenvalue weighted by molar-refractivity contribution is 7.11. The second kappa shape index (κ2) is 7.36. The third kappa shape index (κ3) is 4.26. The van der Waals surface area contributed by atoms with Crippen molar-refractivity contribution in [3.05, 3.63) is 15.6 Å². The monoisotopic (exact) mass is 282 g/mol. The van der Waals surface area contributed by atoms with Crippen LogP contribution in [0.1, 0.15) is 61.2 Å². The highest BCUT2D eigenvalue weighted by atomic mass is 32.1. The molecule has 4 heteroatoms. The molecule has 1 aromatic heterocycles. The van der Waals surface area contributed by atoms with Crippen LogP contribution in [-0.4, -0.2) is 24.2 Å². The number of aryl methyl sites for hydroxylation is 1. The van der Waals surface area contributed by atoms with Gasteiger partial charge in [0.15, 0.2) is 0 Å². The summed E-state index contributed by atoms with van der Waals surface area (Å²) in [5.74, 6) is 0. The Labute approximate surface area is 120 Å². The molecule has 0 bridgehead atoms. The summed E-state index contributed by atoms with van der Waals surface area (Å²) in [4.78, 5) is 6.12. The average Bonchev–Trinajstić information content (AvgIpc) is 2.78. The van der Waals surface area contributed by atoms with Crippen molar-refractivity contribution in [3.8, 4) is 0 Å². The van der Waals surface area contributed by atoms with E-state index in [1.165, 1.54) is 41.3 Å². The number of aromatic nitrogens is 1. The molecule has 0 spiro atoms. The summed E-state index contributed by atoms with van der Waals surface area (Å²) in [6.45, 7) is 8.55. The fraction of sp³-hybridized carbons (Fsp3) is 0.800. The average molecular weight is 282 g/mol. The molecule has 108 valence electrons. The van der Waals surface area contributed by atoms with Crippen LogP contribution in [0.5, 0.6) is 0 Å². The molecule has 0 radical (unpaired) electrons. The van der Waals surface area contributed by atoms with Gasteiger partial charge in [-0.25, -0.2) is 4.98 Å². The lowest BCUT2D eigenvalue weighted by molar-refractivity contribution is 0.0167. The maximum Gasteiger partial charge on any atom is 0.0957 e. The summed E-state index contributed by atoms with van der Waals surface area (Å²) in [6, 6.07) is 0.415. The first kappa shape index (κ1) is 14.9. The minimum absolute atomic E-state index is 0.394. The van der Waals surface area contributed by atoms with Gasteiger partial charge in [-0.05, 0) is 46.1 Å². The number of ether oxygens (including phenoxy) is 1. The van der Waals surface area contributed by atoms with Crippen LogP contribution in [0.25, 0.3) is 0 Å². The van der Waals surface area contributed by atoms with E-state index in [0.29, 0.717) is 12.1 Å². The van der Waals surface area contributed by atoms with Crippen LogP contribution in [0.15, 0.2) is 0 Å². The Morgan fingerprint density at radius 1 is 1.47 bits per heavy atom. The van der Waals surface area contributed by atoms with Crippen molar-refractivity contribution in [1.29, 1.82) is 0 Å². The first-order chi connectivity index (χ1) is 9.20. The third-order valence-corrected chi connectivity index (χ3v) is 5.01. The third-order valence-electron chi connectivity index (χ3n) is 3.65. The summed E-state index contributed by atoms with van der Waals surface area (Å²) in [6.07, 6.45) is 6.27. The van der Waals surface area contributed by atoms with E-state index in [0.717, 1.165) is 19.6 Å². The number of nitrogens with one attached hydrogen (secondary N) is 1. The zero-order chi connectivity index (χ0) is 13.7. The molecule has 2 rings (SSSR count). The van der Waals surface area contributed by atoms with Crippen LogP contribution in [-0.2, 0) is 11.2 Å². The number of thiazole rings is 1. The van der Waals surface area contributed by atoms with E-state index in [9.17, 15) is 0 Å². The quantitative estimate of drug-likeness (QED) is 0.865. The maximum atomic E-state index is 5.81. The van der Waals surface area contributed by atoms with Crippen LogP contribution in [0.2, 0.25) is 0 Å². The molecule has 1 fully saturated rings. The topological polar surface area (TPSA) is 34.1 Å². The van der Waals surface area contributed by atoms with Crippen molar-refractivity contribution < 1.29 is 4.74 Å². The van der Waals surface area contributed by atoms with Gasteiger partial charge >= 0.3 is 0 Å². The molecule has 1 aliphatic rings. The number of rotatable bonds is 6. The van der Waals surface area contributed by atoms with Crippen molar-refractivity contribution in [1.82, 2.24) is 10.3 Å².